The third kappa shape index (κ3) is 8.62. The van der Waals surface area contributed by atoms with Crippen molar-refractivity contribution in [3.8, 4) is 46.5 Å². The number of benzene rings is 2. The molecule has 0 saturated carbocycles. The van der Waals surface area contributed by atoms with Gasteiger partial charge in [0.2, 0.25) is 11.8 Å². The first-order chi connectivity index (χ1) is 28.1. The second kappa shape index (κ2) is 16.2. The summed E-state index contributed by atoms with van der Waals surface area (Å²) < 4.78 is 97.1. The van der Waals surface area contributed by atoms with Crippen LogP contribution in [0.4, 0.5) is 0 Å². The van der Waals surface area contributed by atoms with Gasteiger partial charge >= 0.3 is 0 Å². The Morgan fingerprint density at radius 2 is 1.02 bits per heavy atom. The molecule has 0 radical (unpaired) electrons. The third-order valence-electron chi connectivity index (χ3n) is 8.36. The molecule has 0 fully saturated rings. The Labute approximate surface area is 338 Å². The molecule has 0 aliphatic heterocycles. The number of sulfone groups is 3. The first-order valence-electron chi connectivity index (χ1n) is 17.2. The average Bonchev–Trinajstić information content (AvgIpc) is 3.88. The Hall–Kier alpha value is -6.30. The molecule has 8 aromatic rings. The SMILES string of the molecule is CCS(=O)(=O)c1cnc(-c2ncccn2)nc1-c1nc2cc(S(C)(=O)=O)ccc2o1.CCS(=O)(=O)c1cnc(-c2ncccn2)nc1-c1nc2cc(S(C)=O)ccc2o1. The Balaban J connectivity index is 0.000000179. The first-order valence-corrected chi connectivity index (χ1v) is 23.9. The summed E-state index contributed by atoms with van der Waals surface area (Å²) in [5.41, 5.74) is 1.39. The zero-order valence-electron chi connectivity index (χ0n) is 31.3. The summed E-state index contributed by atoms with van der Waals surface area (Å²) in [6, 6.07) is 12.4. The molecule has 1 unspecified atom stereocenters. The fourth-order valence-electron chi connectivity index (χ4n) is 5.29. The first kappa shape index (κ1) is 40.9. The maximum absolute atomic E-state index is 12.6. The topological polar surface area (TPSA) is 275 Å². The highest BCUT2D eigenvalue weighted by molar-refractivity contribution is 7.92. The van der Waals surface area contributed by atoms with E-state index >= 15 is 0 Å². The van der Waals surface area contributed by atoms with Crippen molar-refractivity contribution in [1.82, 2.24) is 49.8 Å². The fraction of sp³-hybridized carbons (Fsp3) is 0.167. The Morgan fingerprint density at radius 1 is 0.576 bits per heavy atom. The van der Waals surface area contributed by atoms with Gasteiger partial charge < -0.3 is 8.83 Å². The summed E-state index contributed by atoms with van der Waals surface area (Å²) in [5, 5.41) is 0. The van der Waals surface area contributed by atoms with Crippen molar-refractivity contribution in [2.24, 2.45) is 0 Å². The second-order valence-corrected chi connectivity index (χ2v) is 20.2. The third-order valence-corrected chi connectivity index (χ3v) is 13.8. The van der Waals surface area contributed by atoms with Crippen molar-refractivity contribution in [3.63, 3.8) is 0 Å². The quantitative estimate of drug-likeness (QED) is 0.186. The van der Waals surface area contributed by atoms with Gasteiger partial charge in [0.1, 0.15) is 32.2 Å². The summed E-state index contributed by atoms with van der Waals surface area (Å²) in [5.74, 6) is 0.316. The average molecular weight is 875 g/mol. The van der Waals surface area contributed by atoms with Gasteiger partial charge in [0, 0.05) is 53.0 Å². The van der Waals surface area contributed by atoms with Crippen LogP contribution < -0.4 is 0 Å². The summed E-state index contributed by atoms with van der Waals surface area (Å²) in [4.78, 5) is 42.3. The molecule has 1 atom stereocenters. The van der Waals surface area contributed by atoms with Crippen molar-refractivity contribution in [3.05, 3.63) is 85.7 Å². The second-order valence-electron chi connectivity index (χ2n) is 12.3. The lowest BCUT2D eigenvalue weighted by molar-refractivity contribution is 0.590. The Bertz CT molecular complexity index is 3240. The zero-order chi connectivity index (χ0) is 42.1. The van der Waals surface area contributed by atoms with Gasteiger partial charge in [-0.1, -0.05) is 13.8 Å². The number of hydrogen-bond donors (Lipinski definition) is 0. The molecule has 0 bridgehead atoms. The van der Waals surface area contributed by atoms with Crippen LogP contribution >= 0.6 is 0 Å². The highest BCUT2D eigenvalue weighted by atomic mass is 32.2. The van der Waals surface area contributed by atoms with E-state index in [-0.39, 0.29) is 83.8 Å². The van der Waals surface area contributed by atoms with Gasteiger partial charge in [-0.3, -0.25) is 4.21 Å². The molecule has 302 valence electrons. The van der Waals surface area contributed by atoms with Crippen LogP contribution in [0.1, 0.15) is 13.8 Å². The fourth-order valence-corrected chi connectivity index (χ4v) is 8.37. The molecule has 8 rings (SSSR count). The lowest BCUT2D eigenvalue weighted by Crippen LogP contribution is -2.09. The van der Waals surface area contributed by atoms with Crippen LogP contribution in [0.2, 0.25) is 0 Å². The van der Waals surface area contributed by atoms with Crippen molar-refractivity contribution in [2.75, 3.05) is 24.0 Å². The molecule has 19 nitrogen and oxygen atoms in total. The number of fused-ring (bicyclic) bond motifs is 2. The lowest BCUT2D eigenvalue weighted by Gasteiger charge is -2.07. The van der Waals surface area contributed by atoms with Crippen LogP contribution in [0, 0.1) is 0 Å². The molecule has 0 amide bonds. The number of hydrogen-bond acceptors (Lipinski definition) is 19. The van der Waals surface area contributed by atoms with Gasteiger partial charge in [-0.2, -0.15) is 0 Å². The predicted octanol–water partition coefficient (Wildman–Crippen LogP) is 4.21. The summed E-state index contributed by atoms with van der Waals surface area (Å²) in [6.07, 6.45) is 11.1. The van der Waals surface area contributed by atoms with Crippen molar-refractivity contribution in [2.45, 2.75) is 33.4 Å². The standard InChI is InChI=1S/C18H15N5O5S2.C18H15N5O4S2/c1-3-30(26,27)14-10-21-17(16-19-7-4-8-20-16)23-15(14)18-22-12-9-11(29(2,24)25)5-6-13(12)28-18;1-3-29(25,26)14-10-21-17(16-19-7-4-8-20-16)23-15(14)18-22-12-9-11(28(2)24)5-6-13(12)27-18/h4-10H,3H2,1-2H3;4-10H,3H2,1-2H3. The molecule has 0 N–H and O–H groups in total. The molecule has 2 aromatic carbocycles. The van der Waals surface area contributed by atoms with E-state index in [9.17, 15) is 29.5 Å². The maximum Gasteiger partial charge on any atom is 0.247 e. The highest BCUT2D eigenvalue weighted by Crippen LogP contribution is 2.32. The number of rotatable bonds is 10. The minimum absolute atomic E-state index is 0.0191. The minimum atomic E-state index is -3.71. The zero-order valence-corrected chi connectivity index (χ0v) is 34.5. The smallest absolute Gasteiger partial charge is 0.247 e. The largest absolute Gasteiger partial charge is 0.435 e. The van der Waals surface area contributed by atoms with E-state index in [0.717, 1.165) is 6.26 Å². The van der Waals surface area contributed by atoms with Crippen LogP contribution in [0.5, 0.6) is 0 Å². The Kier molecular flexibility index (Phi) is 11.2. The molecule has 0 aliphatic carbocycles. The molecule has 0 saturated heterocycles. The molecule has 0 aliphatic rings. The summed E-state index contributed by atoms with van der Waals surface area (Å²) in [6.45, 7) is 3.03. The van der Waals surface area contributed by atoms with E-state index in [1.54, 1.807) is 36.6 Å². The van der Waals surface area contributed by atoms with E-state index in [2.05, 4.69) is 49.8 Å². The molecule has 6 heterocycles. The van der Waals surface area contributed by atoms with Crippen LogP contribution in [-0.2, 0) is 40.3 Å². The van der Waals surface area contributed by atoms with Gasteiger partial charge in [0.25, 0.3) is 0 Å². The van der Waals surface area contributed by atoms with E-state index in [0.29, 0.717) is 16.0 Å². The van der Waals surface area contributed by atoms with Gasteiger partial charge in [-0.15, -0.1) is 0 Å². The minimum Gasteiger partial charge on any atom is -0.435 e. The van der Waals surface area contributed by atoms with Gasteiger partial charge in [-0.05, 0) is 48.5 Å². The Morgan fingerprint density at radius 3 is 1.44 bits per heavy atom. The van der Waals surface area contributed by atoms with E-state index in [1.165, 1.54) is 69.2 Å². The molecular weight excluding hydrogens is 845 g/mol. The van der Waals surface area contributed by atoms with Crippen molar-refractivity contribution < 1.29 is 38.3 Å². The lowest BCUT2D eigenvalue weighted by atomic mass is 10.3. The summed E-state index contributed by atoms with van der Waals surface area (Å²) >= 11 is 0. The maximum atomic E-state index is 12.6. The number of aromatic nitrogens is 10. The summed E-state index contributed by atoms with van der Waals surface area (Å²) in [7, 11) is -12.0. The van der Waals surface area contributed by atoms with Gasteiger partial charge in [-0.25, -0.2) is 75.1 Å². The van der Waals surface area contributed by atoms with E-state index < -0.39 is 40.3 Å². The molecule has 23 heteroatoms. The molecule has 59 heavy (non-hydrogen) atoms. The molecule has 0 spiro atoms. The normalized spacial score (nSPS) is 12.6. The van der Waals surface area contributed by atoms with Gasteiger partial charge in [0.15, 0.2) is 64.0 Å². The van der Waals surface area contributed by atoms with Crippen molar-refractivity contribution in [1.29, 1.82) is 0 Å². The van der Waals surface area contributed by atoms with Crippen LogP contribution in [0.15, 0.2) is 114 Å². The predicted molar refractivity (Wildman–Crippen MR) is 213 cm³/mol. The van der Waals surface area contributed by atoms with Gasteiger partial charge in [0.05, 0.1) is 28.8 Å². The van der Waals surface area contributed by atoms with Crippen molar-refractivity contribution >= 4 is 62.5 Å². The van der Waals surface area contributed by atoms with Crippen LogP contribution in [0.25, 0.3) is 68.7 Å². The van der Waals surface area contributed by atoms with Crippen LogP contribution in [-0.4, -0.2) is 103 Å². The molecular formula is C36H30N10O9S4. The monoisotopic (exact) mass is 874 g/mol. The molecule has 6 aromatic heterocycles. The number of nitrogens with zero attached hydrogens (tertiary/aromatic N) is 10. The number of oxazole rings is 2. The highest BCUT2D eigenvalue weighted by Gasteiger charge is 2.27. The van der Waals surface area contributed by atoms with E-state index in [4.69, 9.17) is 8.83 Å². The van der Waals surface area contributed by atoms with Crippen LogP contribution in [0.3, 0.4) is 0 Å². The van der Waals surface area contributed by atoms with E-state index in [1.807, 2.05) is 0 Å².